The summed E-state index contributed by atoms with van der Waals surface area (Å²) in [5, 5.41) is 0. The van der Waals surface area contributed by atoms with Crippen LogP contribution in [0, 0.1) is 0 Å². The van der Waals surface area contributed by atoms with E-state index in [0.717, 1.165) is 21.0 Å². The summed E-state index contributed by atoms with van der Waals surface area (Å²) in [5.41, 5.74) is -1.45. The molecule has 0 N–H and O–H groups in total. The van der Waals surface area contributed by atoms with Gasteiger partial charge in [0, 0.05) is 19.9 Å². The molecule has 1 aromatic heterocycles. The third kappa shape index (κ3) is 3.64. The van der Waals surface area contributed by atoms with E-state index < -0.39 is 41.4 Å². The lowest BCUT2D eigenvalue weighted by molar-refractivity contribution is -0.156. The van der Waals surface area contributed by atoms with E-state index in [1.807, 2.05) is 0 Å². The van der Waals surface area contributed by atoms with Gasteiger partial charge in [-0.05, 0) is 0 Å². The zero-order valence-corrected chi connectivity index (χ0v) is 14.1. The van der Waals surface area contributed by atoms with Crippen molar-refractivity contribution in [2.45, 2.75) is 45.0 Å². The number of hydrogen-bond donors (Lipinski definition) is 0. The Bertz CT molecular complexity index is 802. The predicted molar refractivity (Wildman–Crippen MR) is 80.8 cm³/mol. The molecule has 0 fully saturated rings. The number of aromatic nitrogens is 3. The zero-order valence-electron chi connectivity index (χ0n) is 14.1. The van der Waals surface area contributed by atoms with Gasteiger partial charge in [0.05, 0.1) is 27.2 Å². The lowest BCUT2D eigenvalue weighted by atomic mass is 10.1. The molecule has 0 aliphatic carbocycles. The number of hydrogen-bond acceptors (Lipinski definition) is 8. The van der Waals surface area contributed by atoms with Crippen molar-refractivity contribution in [3.05, 3.63) is 21.0 Å². The molecule has 2 atom stereocenters. The fraction of sp³-hybridized carbons (Fsp3) is 0.643. The van der Waals surface area contributed by atoms with E-state index in [9.17, 15) is 24.0 Å². The average Bonchev–Trinajstić information content (AvgIpc) is 2.81. The van der Waals surface area contributed by atoms with Gasteiger partial charge >= 0.3 is 29.3 Å². The normalized spacial score (nSPS) is 19.0. The van der Waals surface area contributed by atoms with Crippen molar-refractivity contribution >= 4 is 17.9 Å². The molecule has 0 saturated carbocycles. The largest absolute Gasteiger partial charge is 0.469 e. The predicted octanol–water partition coefficient (Wildman–Crippen LogP) is -1.58. The average molecular weight is 357 g/mol. The number of nitrogens with zero attached hydrogens (tertiary/aromatic N) is 3. The number of carbonyl (C=O) groups excluding carboxylic acids is 3. The van der Waals surface area contributed by atoms with Crippen LogP contribution in [-0.2, 0) is 41.7 Å². The maximum atomic E-state index is 12.5. The quantitative estimate of drug-likeness (QED) is 0.456. The van der Waals surface area contributed by atoms with Crippen LogP contribution in [0.1, 0.15) is 25.8 Å². The lowest BCUT2D eigenvalue weighted by Gasteiger charge is -2.29. The van der Waals surface area contributed by atoms with Crippen molar-refractivity contribution < 1.29 is 28.6 Å². The van der Waals surface area contributed by atoms with E-state index >= 15 is 0 Å². The molecule has 1 aliphatic heterocycles. The minimum atomic E-state index is -1.11. The highest BCUT2D eigenvalue weighted by molar-refractivity contribution is 5.74. The Labute approximate surface area is 141 Å². The molecule has 2 heterocycles. The van der Waals surface area contributed by atoms with Crippen LogP contribution in [0.25, 0.3) is 0 Å². The van der Waals surface area contributed by atoms with Crippen molar-refractivity contribution in [2.75, 3.05) is 14.2 Å². The van der Waals surface area contributed by atoms with Gasteiger partial charge in [-0.1, -0.05) is 0 Å². The summed E-state index contributed by atoms with van der Waals surface area (Å²) in [7, 11) is 2.35. The number of carbonyl (C=O) groups is 3. The monoisotopic (exact) mass is 357 g/mol. The highest BCUT2D eigenvalue weighted by Gasteiger charge is 2.37. The standard InChI is InChI=1S/C14H19N3O8/c1-8(18)25-9-6-10(12(20)24-3)17-14(22)15(5-4-11(19)23-2)13(21)16(17)7-9/h9-10H,4-7H2,1-3H3. The summed E-state index contributed by atoms with van der Waals surface area (Å²) in [6, 6.07) is -1.11. The van der Waals surface area contributed by atoms with E-state index in [1.54, 1.807) is 0 Å². The maximum absolute atomic E-state index is 12.5. The van der Waals surface area contributed by atoms with Gasteiger partial charge in [-0.3, -0.25) is 9.59 Å². The van der Waals surface area contributed by atoms with E-state index in [0.29, 0.717) is 0 Å². The lowest BCUT2D eigenvalue weighted by Crippen LogP contribution is -2.45. The van der Waals surface area contributed by atoms with Crippen molar-refractivity contribution in [1.29, 1.82) is 0 Å². The van der Waals surface area contributed by atoms with E-state index in [2.05, 4.69) is 9.47 Å². The first-order chi connectivity index (χ1) is 11.8. The van der Waals surface area contributed by atoms with Crippen molar-refractivity contribution in [1.82, 2.24) is 13.9 Å². The molecule has 25 heavy (non-hydrogen) atoms. The van der Waals surface area contributed by atoms with Crippen LogP contribution < -0.4 is 11.4 Å². The number of fused-ring (bicyclic) bond motifs is 1. The third-order valence-electron chi connectivity index (χ3n) is 3.87. The second kappa shape index (κ2) is 7.36. The molecule has 0 radical (unpaired) electrons. The molecule has 2 unspecified atom stereocenters. The second-order valence-electron chi connectivity index (χ2n) is 5.48. The molecule has 11 nitrogen and oxygen atoms in total. The van der Waals surface area contributed by atoms with Gasteiger partial charge in [0.25, 0.3) is 0 Å². The van der Waals surface area contributed by atoms with Crippen LogP contribution in [0.5, 0.6) is 0 Å². The molecule has 0 aromatic carbocycles. The summed E-state index contributed by atoms with van der Waals surface area (Å²) in [6.07, 6.45) is -0.923. The summed E-state index contributed by atoms with van der Waals surface area (Å²) in [5.74, 6) is -1.89. The molecule has 2 rings (SSSR count). The van der Waals surface area contributed by atoms with Crippen LogP contribution in [0.3, 0.4) is 0 Å². The smallest absolute Gasteiger partial charge is 0.347 e. The summed E-state index contributed by atoms with van der Waals surface area (Å²) in [4.78, 5) is 59.5. The molecule has 1 aromatic rings. The van der Waals surface area contributed by atoms with Crippen LogP contribution in [0.4, 0.5) is 0 Å². The Morgan fingerprint density at radius 2 is 1.80 bits per heavy atom. The molecular weight excluding hydrogens is 338 g/mol. The second-order valence-corrected chi connectivity index (χ2v) is 5.48. The van der Waals surface area contributed by atoms with Gasteiger partial charge in [-0.25, -0.2) is 28.3 Å². The van der Waals surface area contributed by atoms with Gasteiger partial charge in [-0.15, -0.1) is 0 Å². The van der Waals surface area contributed by atoms with Gasteiger partial charge < -0.3 is 14.2 Å². The Hall–Kier alpha value is -2.85. The minimum Gasteiger partial charge on any atom is -0.469 e. The topological polar surface area (TPSA) is 128 Å². The fourth-order valence-electron chi connectivity index (χ4n) is 2.77. The Morgan fingerprint density at radius 3 is 2.36 bits per heavy atom. The molecule has 1 aliphatic rings. The number of methoxy groups -OCH3 is 2. The molecule has 138 valence electrons. The van der Waals surface area contributed by atoms with E-state index in [1.165, 1.54) is 14.0 Å². The van der Waals surface area contributed by atoms with Crippen molar-refractivity contribution in [2.24, 2.45) is 0 Å². The summed E-state index contributed by atoms with van der Waals surface area (Å²) in [6.45, 7) is 0.939. The van der Waals surface area contributed by atoms with Gasteiger partial charge in [-0.2, -0.15) is 0 Å². The maximum Gasteiger partial charge on any atom is 0.347 e. The Morgan fingerprint density at radius 1 is 1.12 bits per heavy atom. The van der Waals surface area contributed by atoms with Crippen LogP contribution in [0.2, 0.25) is 0 Å². The minimum absolute atomic E-state index is 0.00656. The van der Waals surface area contributed by atoms with Gasteiger partial charge in [0.1, 0.15) is 6.10 Å². The van der Waals surface area contributed by atoms with Crippen molar-refractivity contribution in [3.8, 4) is 0 Å². The van der Waals surface area contributed by atoms with Crippen LogP contribution in [-0.4, -0.2) is 52.2 Å². The van der Waals surface area contributed by atoms with Crippen LogP contribution >= 0.6 is 0 Å². The SMILES string of the molecule is COC(=O)CCn1c(=O)n2n(c1=O)C(C(=O)OC)CC(OC(C)=O)C2. The summed E-state index contributed by atoms with van der Waals surface area (Å²) < 4.78 is 17.1. The number of rotatable bonds is 5. The first kappa shape index (κ1) is 18.5. The fourth-order valence-corrected chi connectivity index (χ4v) is 2.77. The van der Waals surface area contributed by atoms with Crippen LogP contribution in [0.15, 0.2) is 9.59 Å². The number of esters is 3. The Kier molecular flexibility index (Phi) is 5.45. The molecule has 0 spiro atoms. The third-order valence-corrected chi connectivity index (χ3v) is 3.87. The van der Waals surface area contributed by atoms with Crippen molar-refractivity contribution in [3.63, 3.8) is 0 Å². The highest BCUT2D eigenvalue weighted by atomic mass is 16.5. The van der Waals surface area contributed by atoms with E-state index in [-0.39, 0.29) is 25.9 Å². The molecule has 0 bridgehead atoms. The molecule has 0 saturated heterocycles. The van der Waals surface area contributed by atoms with E-state index in [4.69, 9.17) is 4.74 Å². The molecule has 0 amide bonds. The molecule has 11 heteroatoms. The first-order valence-electron chi connectivity index (χ1n) is 7.54. The zero-order chi connectivity index (χ0) is 18.7. The van der Waals surface area contributed by atoms with Gasteiger partial charge in [0.2, 0.25) is 0 Å². The van der Waals surface area contributed by atoms with Gasteiger partial charge in [0.15, 0.2) is 6.04 Å². The number of ether oxygens (including phenoxy) is 3. The highest BCUT2D eigenvalue weighted by Crippen LogP contribution is 2.21. The first-order valence-corrected chi connectivity index (χ1v) is 7.54. The molecular formula is C14H19N3O8. The Balaban J connectivity index is 2.45. The summed E-state index contributed by atoms with van der Waals surface area (Å²) >= 11 is 0.